The van der Waals surface area contributed by atoms with Crippen molar-refractivity contribution in [3.8, 4) is 0 Å². The topological polar surface area (TPSA) is 12.0 Å². The van der Waals surface area contributed by atoms with Crippen LogP contribution in [0.4, 0.5) is 4.39 Å². The number of halogens is 2. The summed E-state index contributed by atoms with van der Waals surface area (Å²) in [6, 6.07) is 4.97. The fourth-order valence-electron chi connectivity index (χ4n) is 1.87. The second kappa shape index (κ2) is 6.36. The average Bonchev–Trinajstić information content (AvgIpc) is 2.23. The van der Waals surface area contributed by atoms with Crippen LogP contribution in [0, 0.1) is 11.2 Å². The predicted molar refractivity (Wildman–Crippen MR) is 72.1 cm³/mol. The van der Waals surface area contributed by atoms with Gasteiger partial charge in [-0.15, -0.1) is 0 Å². The van der Waals surface area contributed by atoms with Crippen molar-refractivity contribution in [2.45, 2.75) is 33.6 Å². The van der Waals surface area contributed by atoms with Crippen molar-refractivity contribution in [1.82, 2.24) is 5.32 Å². The molecule has 0 saturated carbocycles. The molecule has 0 aliphatic heterocycles. The Bertz CT molecular complexity index is 363. The number of hydrogen-bond donors (Lipinski definition) is 1. The van der Waals surface area contributed by atoms with Crippen molar-refractivity contribution >= 4 is 11.6 Å². The molecule has 1 aromatic rings. The Hall–Kier alpha value is -0.600. The maximum Gasteiger partial charge on any atom is 0.141 e. The molecule has 0 amide bonds. The quantitative estimate of drug-likeness (QED) is 0.759. The number of hydrogen-bond acceptors (Lipinski definition) is 1. The van der Waals surface area contributed by atoms with Crippen LogP contribution in [0.3, 0.4) is 0 Å². The maximum absolute atomic E-state index is 13.0. The van der Waals surface area contributed by atoms with Gasteiger partial charge in [0.1, 0.15) is 5.82 Å². The number of nitrogens with one attached hydrogen (secondary N) is 1. The van der Waals surface area contributed by atoms with E-state index >= 15 is 0 Å². The Morgan fingerprint density at radius 2 is 2.06 bits per heavy atom. The highest BCUT2D eigenvalue weighted by atomic mass is 35.5. The van der Waals surface area contributed by atoms with Gasteiger partial charge in [-0.2, -0.15) is 0 Å². The highest BCUT2D eigenvalue weighted by Crippen LogP contribution is 2.24. The first-order valence-electron chi connectivity index (χ1n) is 6.09. The third kappa shape index (κ3) is 5.05. The molecule has 1 N–H and O–H groups in total. The normalized spacial score (nSPS) is 11.8. The molecule has 1 rings (SSSR count). The highest BCUT2D eigenvalue weighted by Gasteiger charge is 2.18. The van der Waals surface area contributed by atoms with Crippen molar-refractivity contribution in [2.75, 3.05) is 13.1 Å². The molecule has 0 aromatic heterocycles. The van der Waals surface area contributed by atoms with Crippen LogP contribution < -0.4 is 5.32 Å². The summed E-state index contributed by atoms with van der Waals surface area (Å²) in [6.45, 7) is 8.54. The lowest BCUT2D eigenvalue weighted by Gasteiger charge is -2.25. The van der Waals surface area contributed by atoms with Crippen molar-refractivity contribution in [1.29, 1.82) is 0 Å². The van der Waals surface area contributed by atoms with Crippen LogP contribution in [0.5, 0.6) is 0 Å². The van der Waals surface area contributed by atoms with Crippen LogP contribution in [0.2, 0.25) is 5.02 Å². The standard InChI is InChI=1S/C14H21ClFN/c1-4-7-17-10-14(2,3)9-11-5-6-13(16)12(15)8-11/h5-6,8,17H,4,7,9-10H2,1-3H3. The summed E-state index contributed by atoms with van der Waals surface area (Å²) in [4.78, 5) is 0. The molecule has 0 bridgehead atoms. The van der Waals surface area contributed by atoms with Gasteiger partial charge in [0.05, 0.1) is 5.02 Å². The fraction of sp³-hybridized carbons (Fsp3) is 0.571. The highest BCUT2D eigenvalue weighted by molar-refractivity contribution is 6.30. The summed E-state index contributed by atoms with van der Waals surface area (Å²) in [5, 5.41) is 3.62. The van der Waals surface area contributed by atoms with Gasteiger partial charge in [-0.3, -0.25) is 0 Å². The van der Waals surface area contributed by atoms with E-state index in [1.54, 1.807) is 6.07 Å². The Morgan fingerprint density at radius 1 is 1.35 bits per heavy atom. The smallest absolute Gasteiger partial charge is 0.141 e. The van der Waals surface area contributed by atoms with Crippen LogP contribution in [0.15, 0.2) is 18.2 Å². The second-order valence-electron chi connectivity index (χ2n) is 5.27. The molecule has 0 aliphatic rings. The Morgan fingerprint density at radius 3 is 2.65 bits per heavy atom. The van der Waals surface area contributed by atoms with Crippen LogP contribution in [-0.2, 0) is 6.42 Å². The zero-order chi connectivity index (χ0) is 12.9. The van der Waals surface area contributed by atoms with Crippen LogP contribution in [0.25, 0.3) is 0 Å². The second-order valence-corrected chi connectivity index (χ2v) is 5.67. The first-order valence-corrected chi connectivity index (χ1v) is 6.47. The number of rotatable bonds is 6. The van der Waals surface area contributed by atoms with E-state index in [2.05, 4.69) is 26.1 Å². The van der Waals surface area contributed by atoms with Gasteiger partial charge in [-0.05, 0) is 42.5 Å². The zero-order valence-corrected chi connectivity index (χ0v) is 11.6. The molecule has 3 heteroatoms. The van der Waals surface area contributed by atoms with Gasteiger partial charge in [-0.1, -0.05) is 38.4 Å². The Labute approximate surface area is 108 Å². The molecule has 0 aliphatic carbocycles. The lowest BCUT2D eigenvalue weighted by atomic mass is 9.85. The summed E-state index contributed by atoms with van der Waals surface area (Å²) in [6.07, 6.45) is 2.03. The van der Waals surface area contributed by atoms with E-state index in [0.29, 0.717) is 0 Å². The average molecular weight is 258 g/mol. The summed E-state index contributed by atoms with van der Waals surface area (Å²) in [5.74, 6) is -0.350. The van der Waals surface area contributed by atoms with E-state index in [0.717, 1.165) is 31.5 Å². The molecule has 0 spiro atoms. The minimum absolute atomic E-state index is 0.149. The molecule has 0 atom stereocenters. The molecule has 0 unspecified atom stereocenters. The van der Waals surface area contributed by atoms with Crippen molar-refractivity contribution in [2.24, 2.45) is 5.41 Å². The third-order valence-electron chi connectivity index (χ3n) is 2.70. The molecule has 0 heterocycles. The Balaban J connectivity index is 2.59. The van der Waals surface area contributed by atoms with Crippen molar-refractivity contribution in [3.05, 3.63) is 34.6 Å². The summed E-state index contributed by atoms with van der Waals surface area (Å²) in [7, 11) is 0. The molecular weight excluding hydrogens is 237 g/mol. The Kier molecular flexibility index (Phi) is 5.41. The van der Waals surface area contributed by atoms with E-state index in [1.165, 1.54) is 6.07 Å². The van der Waals surface area contributed by atoms with E-state index in [-0.39, 0.29) is 16.3 Å². The molecule has 1 nitrogen and oxygen atoms in total. The van der Waals surface area contributed by atoms with Gasteiger partial charge in [0.25, 0.3) is 0 Å². The van der Waals surface area contributed by atoms with E-state index in [4.69, 9.17) is 11.6 Å². The first kappa shape index (κ1) is 14.5. The monoisotopic (exact) mass is 257 g/mol. The molecule has 1 aromatic carbocycles. The molecular formula is C14H21ClFN. The first-order chi connectivity index (χ1) is 7.94. The van der Waals surface area contributed by atoms with Gasteiger partial charge in [-0.25, -0.2) is 4.39 Å². The fourth-order valence-corrected chi connectivity index (χ4v) is 2.07. The lowest BCUT2D eigenvalue weighted by molar-refractivity contribution is 0.339. The largest absolute Gasteiger partial charge is 0.316 e. The van der Waals surface area contributed by atoms with Gasteiger partial charge in [0.2, 0.25) is 0 Å². The molecule has 17 heavy (non-hydrogen) atoms. The van der Waals surface area contributed by atoms with E-state index < -0.39 is 0 Å². The van der Waals surface area contributed by atoms with E-state index in [1.807, 2.05) is 6.07 Å². The minimum atomic E-state index is -0.350. The molecule has 0 saturated heterocycles. The zero-order valence-electron chi connectivity index (χ0n) is 10.8. The minimum Gasteiger partial charge on any atom is -0.316 e. The lowest BCUT2D eigenvalue weighted by Crippen LogP contribution is -2.31. The van der Waals surface area contributed by atoms with Gasteiger partial charge in [0.15, 0.2) is 0 Å². The van der Waals surface area contributed by atoms with Crippen LogP contribution >= 0.6 is 11.6 Å². The molecule has 0 radical (unpaired) electrons. The SMILES string of the molecule is CCCNCC(C)(C)Cc1ccc(F)c(Cl)c1. The molecule has 0 fully saturated rings. The predicted octanol–water partition coefficient (Wildman–Crippen LogP) is 4.05. The molecule has 96 valence electrons. The summed E-state index contributed by atoms with van der Waals surface area (Å²) >= 11 is 5.78. The van der Waals surface area contributed by atoms with Gasteiger partial charge in [0, 0.05) is 6.54 Å². The van der Waals surface area contributed by atoms with E-state index in [9.17, 15) is 4.39 Å². The number of benzene rings is 1. The van der Waals surface area contributed by atoms with Gasteiger partial charge >= 0.3 is 0 Å². The van der Waals surface area contributed by atoms with Crippen molar-refractivity contribution < 1.29 is 4.39 Å². The third-order valence-corrected chi connectivity index (χ3v) is 2.99. The summed E-state index contributed by atoms with van der Waals surface area (Å²) < 4.78 is 13.0. The van der Waals surface area contributed by atoms with Gasteiger partial charge < -0.3 is 5.32 Å². The maximum atomic E-state index is 13.0. The van der Waals surface area contributed by atoms with Crippen LogP contribution in [-0.4, -0.2) is 13.1 Å². The van der Waals surface area contributed by atoms with Crippen LogP contribution in [0.1, 0.15) is 32.8 Å². The summed E-state index contributed by atoms with van der Waals surface area (Å²) in [5.41, 5.74) is 1.23. The van der Waals surface area contributed by atoms with Crippen molar-refractivity contribution in [3.63, 3.8) is 0 Å².